The van der Waals surface area contributed by atoms with E-state index in [1.807, 2.05) is 24.4 Å². The number of pyridine rings is 1. The van der Waals surface area contributed by atoms with Gasteiger partial charge in [0.2, 0.25) is 5.91 Å². The van der Waals surface area contributed by atoms with Crippen LogP contribution in [0.1, 0.15) is 12.0 Å². The molecule has 0 saturated heterocycles. The van der Waals surface area contributed by atoms with Gasteiger partial charge in [0.25, 0.3) is 0 Å². The van der Waals surface area contributed by atoms with Crippen LogP contribution in [0.4, 0.5) is 0 Å². The standard InChI is InChI=1S/C18H17N3O/c19-21-18(22)8-7-14-9-10-20-12-17(14)16-6-5-13-3-1-2-4-15(13)11-16/h1-6,9-12H,7-8,19H2,(H,21,22). The molecule has 0 atom stereocenters. The van der Waals surface area contributed by atoms with Gasteiger partial charge in [-0.25, -0.2) is 5.84 Å². The molecule has 1 aromatic heterocycles. The zero-order valence-electron chi connectivity index (χ0n) is 12.1. The number of hydrogen-bond acceptors (Lipinski definition) is 3. The van der Waals surface area contributed by atoms with E-state index in [-0.39, 0.29) is 5.91 Å². The van der Waals surface area contributed by atoms with Gasteiger partial charge in [0, 0.05) is 24.4 Å². The molecule has 0 unspecified atom stereocenters. The second-order valence-corrected chi connectivity index (χ2v) is 5.16. The number of hydrogen-bond donors (Lipinski definition) is 2. The molecule has 0 saturated carbocycles. The molecule has 0 spiro atoms. The minimum Gasteiger partial charge on any atom is -0.294 e. The Kier molecular flexibility index (Phi) is 4.12. The lowest BCUT2D eigenvalue weighted by Gasteiger charge is -2.10. The van der Waals surface area contributed by atoms with Gasteiger partial charge in [0.05, 0.1) is 0 Å². The number of benzene rings is 2. The molecule has 0 bridgehead atoms. The first-order valence-corrected chi connectivity index (χ1v) is 7.19. The van der Waals surface area contributed by atoms with Crippen molar-refractivity contribution in [2.45, 2.75) is 12.8 Å². The van der Waals surface area contributed by atoms with Gasteiger partial charge < -0.3 is 0 Å². The summed E-state index contributed by atoms with van der Waals surface area (Å²) >= 11 is 0. The number of carbonyl (C=O) groups is 1. The monoisotopic (exact) mass is 291 g/mol. The Bertz CT molecular complexity index is 814. The van der Waals surface area contributed by atoms with Crippen molar-refractivity contribution in [3.8, 4) is 11.1 Å². The molecule has 3 aromatic rings. The van der Waals surface area contributed by atoms with E-state index in [4.69, 9.17) is 5.84 Å². The lowest BCUT2D eigenvalue weighted by atomic mass is 9.96. The maximum Gasteiger partial charge on any atom is 0.234 e. The number of fused-ring (bicyclic) bond motifs is 1. The van der Waals surface area contributed by atoms with Crippen LogP contribution in [0.5, 0.6) is 0 Å². The van der Waals surface area contributed by atoms with Crippen molar-refractivity contribution in [1.82, 2.24) is 10.4 Å². The largest absolute Gasteiger partial charge is 0.294 e. The number of aromatic nitrogens is 1. The number of nitrogens with two attached hydrogens (primary N) is 1. The Morgan fingerprint density at radius 1 is 1.09 bits per heavy atom. The first-order valence-electron chi connectivity index (χ1n) is 7.19. The molecule has 4 nitrogen and oxygen atoms in total. The van der Waals surface area contributed by atoms with Crippen LogP contribution in [0.2, 0.25) is 0 Å². The summed E-state index contributed by atoms with van der Waals surface area (Å²) < 4.78 is 0. The maximum absolute atomic E-state index is 11.4. The Morgan fingerprint density at radius 3 is 2.73 bits per heavy atom. The van der Waals surface area contributed by atoms with E-state index >= 15 is 0 Å². The lowest BCUT2D eigenvalue weighted by Crippen LogP contribution is -2.30. The van der Waals surface area contributed by atoms with Crippen LogP contribution in [-0.2, 0) is 11.2 Å². The number of hydrazine groups is 1. The highest BCUT2D eigenvalue weighted by atomic mass is 16.2. The summed E-state index contributed by atoms with van der Waals surface area (Å²) in [5.74, 6) is 4.97. The van der Waals surface area contributed by atoms with E-state index in [0.717, 1.165) is 16.7 Å². The van der Waals surface area contributed by atoms with Gasteiger partial charge in [-0.3, -0.25) is 15.2 Å². The average molecular weight is 291 g/mol. The molecule has 0 fully saturated rings. The predicted octanol–water partition coefficient (Wildman–Crippen LogP) is 2.82. The van der Waals surface area contributed by atoms with Gasteiger partial charge in [-0.1, -0.05) is 36.4 Å². The summed E-state index contributed by atoms with van der Waals surface area (Å²) in [5, 5.41) is 2.40. The first kappa shape index (κ1) is 14.2. The van der Waals surface area contributed by atoms with Gasteiger partial charge in [0.1, 0.15) is 0 Å². The predicted molar refractivity (Wildman–Crippen MR) is 87.8 cm³/mol. The fraction of sp³-hybridized carbons (Fsp3) is 0.111. The Hall–Kier alpha value is -2.72. The second kappa shape index (κ2) is 6.37. The van der Waals surface area contributed by atoms with Gasteiger partial charge in [-0.2, -0.15) is 0 Å². The Balaban J connectivity index is 1.97. The number of nitrogens with one attached hydrogen (secondary N) is 1. The summed E-state index contributed by atoms with van der Waals surface area (Å²) in [6.45, 7) is 0. The minimum atomic E-state index is -0.165. The molecule has 22 heavy (non-hydrogen) atoms. The molecule has 0 aliphatic rings. The van der Waals surface area contributed by atoms with Crippen LogP contribution in [0.15, 0.2) is 60.9 Å². The maximum atomic E-state index is 11.4. The number of nitrogens with zero attached hydrogens (tertiary/aromatic N) is 1. The van der Waals surface area contributed by atoms with Crippen molar-refractivity contribution in [1.29, 1.82) is 0 Å². The molecule has 1 amide bonds. The number of carbonyl (C=O) groups excluding carboxylic acids is 1. The molecule has 2 aromatic carbocycles. The summed E-state index contributed by atoms with van der Waals surface area (Å²) in [6.07, 6.45) is 4.59. The van der Waals surface area contributed by atoms with Crippen molar-refractivity contribution in [3.05, 3.63) is 66.5 Å². The van der Waals surface area contributed by atoms with Crippen LogP contribution in [0.3, 0.4) is 0 Å². The molecule has 110 valence electrons. The summed E-state index contributed by atoms with van der Waals surface area (Å²) in [4.78, 5) is 15.6. The molecule has 4 heteroatoms. The molecular weight excluding hydrogens is 274 g/mol. The van der Waals surface area contributed by atoms with Crippen molar-refractivity contribution in [2.24, 2.45) is 5.84 Å². The van der Waals surface area contributed by atoms with E-state index in [1.165, 1.54) is 10.8 Å². The Morgan fingerprint density at radius 2 is 1.91 bits per heavy atom. The highest BCUT2D eigenvalue weighted by molar-refractivity contribution is 5.87. The topological polar surface area (TPSA) is 68.0 Å². The summed E-state index contributed by atoms with van der Waals surface area (Å²) in [5.41, 5.74) is 5.42. The number of aryl methyl sites for hydroxylation is 1. The van der Waals surface area contributed by atoms with Crippen LogP contribution >= 0.6 is 0 Å². The molecule has 3 N–H and O–H groups in total. The van der Waals surface area contributed by atoms with Crippen molar-refractivity contribution < 1.29 is 4.79 Å². The van der Waals surface area contributed by atoms with E-state index in [9.17, 15) is 4.79 Å². The number of amides is 1. The molecule has 1 heterocycles. The molecule has 0 radical (unpaired) electrons. The van der Waals surface area contributed by atoms with Crippen LogP contribution in [-0.4, -0.2) is 10.9 Å². The highest BCUT2D eigenvalue weighted by Gasteiger charge is 2.08. The molecular formula is C18H17N3O. The third-order valence-corrected chi connectivity index (χ3v) is 3.75. The lowest BCUT2D eigenvalue weighted by molar-refractivity contribution is -0.121. The molecule has 3 rings (SSSR count). The fourth-order valence-electron chi connectivity index (χ4n) is 2.58. The SMILES string of the molecule is NNC(=O)CCc1ccncc1-c1ccc2ccccc2c1. The van der Waals surface area contributed by atoms with Gasteiger partial charge >= 0.3 is 0 Å². The van der Waals surface area contributed by atoms with Crippen LogP contribution < -0.4 is 11.3 Å². The second-order valence-electron chi connectivity index (χ2n) is 5.16. The highest BCUT2D eigenvalue weighted by Crippen LogP contribution is 2.27. The third-order valence-electron chi connectivity index (χ3n) is 3.75. The van der Waals surface area contributed by atoms with Crippen molar-refractivity contribution in [3.63, 3.8) is 0 Å². The molecule has 0 aliphatic heterocycles. The molecule has 0 aliphatic carbocycles. The van der Waals surface area contributed by atoms with E-state index in [1.54, 1.807) is 6.20 Å². The summed E-state index contributed by atoms with van der Waals surface area (Å²) in [7, 11) is 0. The third kappa shape index (κ3) is 2.97. The van der Waals surface area contributed by atoms with Gasteiger partial charge in [-0.05, 0) is 40.5 Å². The van der Waals surface area contributed by atoms with E-state index in [0.29, 0.717) is 12.8 Å². The van der Waals surface area contributed by atoms with E-state index < -0.39 is 0 Å². The minimum absolute atomic E-state index is 0.165. The first-order chi connectivity index (χ1) is 10.8. The zero-order chi connectivity index (χ0) is 15.4. The van der Waals surface area contributed by atoms with Crippen LogP contribution in [0.25, 0.3) is 21.9 Å². The smallest absolute Gasteiger partial charge is 0.234 e. The Labute approximate surface area is 129 Å². The quantitative estimate of drug-likeness (QED) is 0.441. The van der Waals surface area contributed by atoms with Crippen molar-refractivity contribution >= 4 is 16.7 Å². The van der Waals surface area contributed by atoms with Gasteiger partial charge in [0.15, 0.2) is 0 Å². The van der Waals surface area contributed by atoms with E-state index in [2.05, 4.69) is 40.7 Å². The fourth-order valence-corrected chi connectivity index (χ4v) is 2.58. The van der Waals surface area contributed by atoms with Crippen molar-refractivity contribution in [2.75, 3.05) is 0 Å². The van der Waals surface area contributed by atoms with Gasteiger partial charge in [-0.15, -0.1) is 0 Å². The number of rotatable bonds is 4. The van der Waals surface area contributed by atoms with Crippen LogP contribution in [0, 0.1) is 0 Å². The zero-order valence-corrected chi connectivity index (χ0v) is 12.1. The summed E-state index contributed by atoms with van der Waals surface area (Å²) in [6, 6.07) is 16.5. The average Bonchev–Trinajstić information content (AvgIpc) is 2.59. The normalized spacial score (nSPS) is 10.6.